The fourth-order valence-electron chi connectivity index (χ4n) is 8.11. The van der Waals surface area contributed by atoms with E-state index in [0.29, 0.717) is 55.7 Å². The molecule has 9 rings (SSSR count). The molecule has 280 valence electrons. The number of aliphatic hydroxyl groups is 1. The van der Waals surface area contributed by atoms with Crippen LogP contribution in [0.3, 0.4) is 0 Å². The van der Waals surface area contributed by atoms with E-state index in [1.54, 1.807) is 36.9 Å². The van der Waals surface area contributed by atoms with Gasteiger partial charge in [0.15, 0.2) is 16.6 Å². The molecule has 0 radical (unpaired) electrons. The molecule has 1 amide bonds. The molecule has 2 aliphatic carbocycles. The SMILES string of the molecule is Cn1nc(N)c2cccc(-c3cc4sc(N5CC(C)(O)C5)nc4nc3[C@H](Cc3cc(F)cc(F)c3)NC(=O)Cn3nc(C(F)F)c4c3C(F)(F)[C@@H]3C[C@H]43)c21. The molecule has 0 spiro atoms. The van der Waals surface area contributed by atoms with Crippen molar-refractivity contribution in [1.29, 1.82) is 0 Å². The fraction of sp³-hybridized carbons (Fsp3) is 0.361. The number of anilines is 2. The first-order valence-corrected chi connectivity index (χ1v) is 17.9. The lowest BCUT2D eigenvalue weighted by Gasteiger charge is -2.43. The van der Waals surface area contributed by atoms with E-state index in [0.717, 1.165) is 12.1 Å². The van der Waals surface area contributed by atoms with E-state index in [9.17, 15) is 27.5 Å². The Labute approximate surface area is 306 Å². The number of hydrogen-bond donors (Lipinski definition) is 3. The van der Waals surface area contributed by atoms with Crippen molar-refractivity contribution < 1.29 is 36.2 Å². The Morgan fingerprint density at radius 2 is 1.81 bits per heavy atom. The average molecular weight is 768 g/mol. The molecule has 2 fully saturated rings. The zero-order valence-electron chi connectivity index (χ0n) is 28.6. The summed E-state index contributed by atoms with van der Waals surface area (Å²) in [5.41, 5.74) is 6.01. The molecule has 0 unspecified atom stereocenters. The molecule has 0 bridgehead atoms. The number of hydrogen-bond acceptors (Lipinski definition) is 9. The quantitative estimate of drug-likeness (QED) is 0.150. The highest BCUT2D eigenvalue weighted by atomic mass is 32.1. The lowest BCUT2D eigenvalue weighted by Crippen LogP contribution is -2.60. The van der Waals surface area contributed by atoms with Gasteiger partial charge in [-0.05, 0) is 55.5 Å². The van der Waals surface area contributed by atoms with Crippen LogP contribution in [0.4, 0.5) is 37.3 Å². The summed E-state index contributed by atoms with van der Waals surface area (Å²) >= 11 is 1.33. The van der Waals surface area contributed by atoms with Crippen molar-refractivity contribution in [2.45, 2.75) is 56.2 Å². The standard InChI is InChI=1S/C36H31F6N9O2S/c1-35(53)13-50(14-35)34-46-33-24(54-34)11-20(18-4-3-5-19-29(18)49(2)48-32(19)43)27(45-33)23(8-15-6-16(37)9-17(38)7-15)44-25(52)12-51-30-26(28(47-51)31(39)40)21-10-22(21)36(30,41)42/h3-7,9,11,21-23,31,53H,8,10,12-14H2,1-2H3,(H2,43,48)(H,44,52)/t21-,22+,23-/m0/s1. The van der Waals surface area contributed by atoms with E-state index in [2.05, 4.69) is 15.5 Å². The van der Waals surface area contributed by atoms with Crippen LogP contribution in [-0.4, -0.2) is 59.2 Å². The number of nitrogen functional groups attached to an aromatic ring is 1. The second kappa shape index (κ2) is 11.9. The van der Waals surface area contributed by atoms with E-state index >= 15 is 8.78 Å². The van der Waals surface area contributed by atoms with Crippen LogP contribution in [0, 0.1) is 17.6 Å². The first kappa shape index (κ1) is 34.5. The largest absolute Gasteiger partial charge is 0.386 e. The van der Waals surface area contributed by atoms with Crippen molar-refractivity contribution in [1.82, 2.24) is 34.8 Å². The van der Waals surface area contributed by atoms with E-state index in [1.165, 1.54) is 11.3 Å². The summed E-state index contributed by atoms with van der Waals surface area (Å²) in [6, 6.07) is 8.92. The Morgan fingerprint density at radius 1 is 1.07 bits per heavy atom. The van der Waals surface area contributed by atoms with Gasteiger partial charge in [0, 0.05) is 41.1 Å². The maximum atomic E-state index is 15.4. The Morgan fingerprint density at radius 3 is 2.52 bits per heavy atom. The van der Waals surface area contributed by atoms with Crippen LogP contribution in [0.5, 0.6) is 0 Å². The first-order valence-electron chi connectivity index (χ1n) is 17.1. The molecule has 2 aromatic carbocycles. The van der Waals surface area contributed by atoms with Gasteiger partial charge in [-0.2, -0.15) is 24.0 Å². The van der Waals surface area contributed by atoms with Crippen LogP contribution in [-0.2, 0) is 30.7 Å². The Kier molecular flexibility index (Phi) is 7.60. The van der Waals surface area contributed by atoms with Crippen molar-refractivity contribution in [2.24, 2.45) is 13.0 Å². The highest BCUT2D eigenvalue weighted by Gasteiger charge is 2.67. The molecule has 3 atom stereocenters. The maximum absolute atomic E-state index is 15.4. The number of carbonyl (C=O) groups excluding carboxylic acids is 1. The molecule has 5 heterocycles. The summed E-state index contributed by atoms with van der Waals surface area (Å²) < 4.78 is 90.8. The number of fused-ring (bicyclic) bond motifs is 5. The van der Waals surface area contributed by atoms with Crippen LogP contribution >= 0.6 is 11.3 Å². The third-order valence-electron chi connectivity index (χ3n) is 10.4. The Balaban J connectivity index is 1.18. The van der Waals surface area contributed by atoms with E-state index < -0.39 is 71.3 Å². The number of benzene rings is 2. The number of thiazole rings is 1. The van der Waals surface area contributed by atoms with Gasteiger partial charge in [-0.15, -0.1) is 0 Å². The van der Waals surface area contributed by atoms with E-state index in [-0.39, 0.29) is 41.1 Å². The average Bonchev–Trinajstić information content (AvgIpc) is 3.37. The molecule has 3 aliphatic rings. The van der Waals surface area contributed by atoms with Crippen molar-refractivity contribution in [3.63, 3.8) is 0 Å². The third-order valence-corrected chi connectivity index (χ3v) is 11.5. The molecule has 54 heavy (non-hydrogen) atoms. The summed E-state index contributed by atoms with van der Waals surface area (Å²) in [5.74, 6) is -7.67. The predicted molar refractivity (Wildman–Crippen MR) is 187 cm³/mol. The van der Waals surface area contributed by atoms with Crippen LogP contribution < -0.4 is 16.0 Å². The minimum absolute atomic E-state index is 0.0608. The molecule has 4 aromatic heterocycles. The van der Waals surface area contributed by atoms with Crippen molar-refractivity contribution in [3.8, 4) is 11.1 Å². The maximum Gasteiger partial charge on any atom is 0.293 e. The molecular formula is C36H31F6N9O2S. The zero-order chi connectivity index (χ0) is 38.0. The number of carbonyl (C=O) groups is 1. The number of aromatic nitrogens is 6. The zero-order valence-corrected chi connectivity index (χ0v) is 29.4. The highest BCUT2D eigenvalue weighted by Crippen LogP contribution is 2.68. The molecule has 6 aromatic rings. The van der Waals surface area contributed by atoms with Crippen LogP contribution in [0.1, 0.15) is 59.9 Å². The summed E-state index contributed by atoms with van der Waals surface area (Å²) in [6.45, 7) is 1.56. The monoisotopic (exact) mass is 767 g/mol. The minimum Gasteiger partial charge on any atom is -0.386 e. The fourth-order valence-corrected chi connectivity index (χ4v) is 9.06. The lowest BCUT2D eigenvalue weighted by atomic mass is 9.94. The van der Waals surface area contributed by atoms with Gasteiger partial charge in [0.1, 0.15) is 29.6 Å². The Hall–Kier alpha value is -5.23. The molecule has 4 N–H and O–H groups in total. The van der Waals surface area contributed by atoms with Gasteiger partial charge < -0.3 is 21.1 Å². The number of nitrogens with one attached hydrogen (secondary N) is 1. The van der Waals surface area contributed by atoms with Crippen LogP contribution in [0.2, 0.25) is 0 Å². The summed E-state index contributed by atoms with van der Waals surface area (Å²) in [6.07, 6.45) is -3.28. The van der Waals surface area contributed by atoms with Crippen molar-refractivity contribution >= 4 is 49.4 Å². The molecule has 11 nitrogen and oxygen atoms in total. The van der Waals surface area contributed by atoms with Crippen molar-refractivity contribution in [3.05, 3.63) is 82.3 Å². The van der Waals surface area contributed by atoms with Crippen LogP contribution in [0.25, 0.3) is 32.4 Å². The van der Waals surface area contributed by atoms with Gasteiger partial charge >= 0.3 is 0 Å². The van der Waals surface area contributed by atoms with Gasteiger partial charge in [-0.3, -0.25) is 14.2 Å². The first-order chi connectivity index (χ1) is 25.6. The molecule has 18 heteroatoms. The topological polar surface area (TPSA) is 140 Å². The number of amides is 1. The third kappa shape index (κ3) is 5.56. The minimum atomic E-state index is -3.45. The predicted octanol–water partition coefficient (Wildman–Crippen LogP) is 6.12. The van der Waals surface area contributed by atoms with Crippen LogP contribution in [0.15, 0.2) is 42.5 Å². The van der Waals surface area contributed by atoms with Crippen molar-refractivity contribution in [2.75, 3.05) is 23.7 Å². The number of nitrogens with zero attached hydrogens (tertiary/aromatic N) is 7. The van der Waals surface area contributed by atoms with E-state index in [4.69, 9.17) is 15.7 Å². The van der Waals surface area contributed by atoms with E-state index in [1.807, 2.05) is 11.0 Å². The van der Waals surface area contributed by atoms with Gasteiger partial charge in [0.05, 0.1) is 40.6 Å². The number of pyridine rings is 1. The number of aryl methyl sites for hydroxylation is 1. The number of nitrogens with two attached hydrogens (primary N) is 1. The lowest BCUT2D eigenvalue weighted by molar-refractivity contribution is -0.123. The number of rotatable bonds is 9. The van der Waals surface area contributed by atoms with Gasteiger partial charge in [-0.1, -0.05) is 23.5 Å². The van der Waals surface area contributed by atoms with Gasteiger partial charge in [-0.25, -0.2) is 22.5 Å². The van der Waals surface area contributed by atoms with Gasteiger partial charge in [0.2, 0.25) is 5.91 Å². The molecule has 1 aliphatic heterocycles. The molecule has 1 saturated heterocycles. The summed E-state index contributed by atoms with van der Waals surface area (Å²) in [4.78, 5) is 25.5. The second-order valence-electron chi connectivity index (χ2n) is 14.6. The molecular weight excluding hydrogens is 737 g/mol. The number of halogens is 6. The number of alkyl halides is 4. The molecule has 1 saturated carbocycles. The highest BCUT2D eigenvalue weighted by molar-refractivity contribution is 7.22. The summed E-state index contributed by atoms with van der Waals surface area (Å²) in [5, 5.41) is 22.5. The Bertz CT molecular complexity index is 2500. The number of para-hydroxylation sites is 1. The normalized spacial score (nSPS) is 20.0. The number of β-amino-alcohol motifs (C(OH)–C–C–N with tert-alkyl or cyclic N) is 1. The smallest absolute Gasteiger partial charge is 0.293 e. The summed E-state index contributed by atoms with van der Waals surface area (Å²) in [7, 11) is 1.71. The second-order valence-corrected chi connectivity index (χ2v) is 15.6. The van der Waals surface area contributed by atoms with Gasteiger partial charge in [0.25, 0.3) is 12.3 Å².